The number of rotatable bonds is 3. The Bertz CT molecular complexity index is 209. The smallest absolute Gasteiger partial charge is 0.0775 e. The number of halogens is 1. The lowest BCUT2D eigenvalue weighted by atomic mass is 9.96. The molecule has 2 atom stereocenters. The molecular weight excluding hydrogens is 311 g/mol. The molecule has 0 radical (unpaired) electrons. The van der Waals surface area contributed by atoms with E-state index in [0.717, 1.165) is 5.92 Å². The van der Waals surface area contributed by atoms with Crippen molar-refractivity contribution in [2.24, 2.45) is 5.92 Å². The van der Waals surface area contributed by atoms with E-state index in [2.05, 4.69) is 29.5 Å². The molecule has 16 heavy (non-hydrogen) atoms. The van der Waals surface area contributed by atoms with E-state index in [-0.39, 0.29) is 5.60 Å². The summed E-state index contributed by atoms with van der Waals surface area (Å²) >= 11 is 2.54. The Morgan fingerprint density at radius 3 is 2.31 bits per heavy atom. The molecule has 2 aliphatic rings. The second-order valence-electron chi connectivity index (χ2n) is 5.89. The van der Waals surface area contributed by atoms with E-state index >= 15 is 0 Å². The molecule has 2 aliphatic carbocycles. The molecule has 1 nitrogen and oxygen atoms in total. The fraction of sp³-hybridized carbons (Fsp3) is 1.00. The lowest BCUT2D eigenvalue weighted by Gasteiger charge is -2.34. The molecule has 0 bridgehead atoms. The topological polar surface area (TPSA) is 9.23 Å². The van der Waals surface area contributed by atoms with E-state index in [1.807, 2.05) is 0 Å². The number of alkyl halides is 1. The summed E-state index contributed by atoms with van der Waals surface area (Å²) in [6.45, 7) is 2.37. The summed E-state index contributed by atoms with van der Waals surface area (Å²) in [6, 6.07) is 0. The summed E-state index contributed by atoms with van der Waals surface area (Å²) in [4.78, 5) is 0. The van der Waals surface area contributed by atoms with Crippen LogP contribution in [-0.4, -0.2) is 16.1 Å². The van der Waals surface area contributed by atoms with Gasteiger partial charge in [-0.15, -0.1) is 0 Å². The van der Waals surface area contributed by atoms with Gasteiger partial charge >= 0.3 is 0 Å². The van der Waals surface area contributed by atoms with Crippen molar-refractivity contribution >= 4 is 22.6 Å². The first-order chi connectivity index (χ1) is 7.74. The standard InChI is InChI=1S/C14H25IO/c1-12-6-7-13(10-12)16-14(11-15)8-4-2-3-5-9-14/h12-13H,2-11H2,1H3. The van der Waals surface area contributed by atoms with Gasteiger partial charge in [-0.1, -0.05) is 55.2 Å². The normalized spacial score (nSPS) is 34.9. The van der Waals surface area contributed by atoms with Crippen LogP contribution >= 0.6 is 22.6 Å². The molecule has 0 amide bonds. The Kier molecular flexibility index (Phi) is 4.95. The Morgan fingerprint density at radius 1 is 1.12 bits per heavy atom. The summed E-state index contributed by atoms with van der Waals surface area (Å²) in [7, 11) is 0. The van der Waals surface area contributed by atoms with Gasteiger partial charge in [0, 0.05) is 4.43 Å². The van der Waals surface area contributed by atoms with Crippen LogP contribution in [0.25, 0.3) is 0 Å². The highest BCUT2D eigenvalue weighted by atomic mass is 127. The van der Waals surface area contributed by atoms with Crippen LogP contribution in [0.15, 0.2) is 0 Å². The van der Waals surface area contributed by atoms with E-state index < -0.39 is 0 Å². The van der Waals surface area contributed by atoms with E-state index in [9.17, 15) is 0 Å². The van der Waals surface area contributed by atoms with E-state index in [1.165, 1.54) is 62.2 Å². The lowest BCUT2D eigenvalue weighted by molar-refractivity contribution is -0.0838. The fourth-order valence-electron chi connectivity index (χ4n) is 3.27. The molecule has 0 aromatic carbocycles. The first kappa shape index (κ1) is 13.1. The zero-order valence-corrected chi connectivity index (χ0v) is 12.7. The predicted molar refractivity (Wildman–Crippen MR) is 77.2 cm³/mol. The molecule has 0 aliphatic heterocycles. The average molecular weight is 336 g/mol. The molecule has 2 saturated carbocycles. The van der Waals surface area contributed by atoms with Crippen molar-refractivity contribution in [1.82, 2.24) is 0 Å². The first-order valence-corrected chi connectivity index (χ1v) is 8.50. The molecular formula is C14H25IO. The second kappa shape index (κ2) is 6.03. The third kappa shape index (κ3) is 3.34. The summed E-state index contributed by atoms with van der Waals surface area (Å²) in [5.74, 6) is 0.891. The van der Waals surface area contributed by atoms with Crippen LogP contribution in [0.2, 0.25) is 0 Å². The van der Waals surface area contributed by atoms with Crippen molar-refractivity contribution in [2.75, 3.05) is 4.43 Å². The molecule has 2 unspecified atom stereocenters. The van der Waals surface area contributed by atoms with Crippen LogP contribution in [0.1, 0.15) is 64.7 Å². The van der Waals surface area contributed by atoms with Gasteiger partial charge in [0.05, 0.1) is 11.7 Å². The highest BCUT2D eigenvalue weighted by molar-refractivity contribution is 14.1. The van der Waals surface area contributed by atoms with Gasteiger partial charge in [-0.25, -0.2) is 0 Å². The summed E-state index contributed by atoms with van der Waals surface area (Å²) in [5, 5.41) is 0. The van der Waals surface area contributed by atoms with Gasteiger partial charge in [-0.05, 0) is 38.0 Å². The van der Waals surface area contributed by atoms with Crippen molar-refractivity contribution in [3.8, 4) is 0 Å². The summed E-state index contributed by atoms with van der Waals surface area (Å²) in [5.41, 5.74) is 0.242. The highest BCUT2D eigenvalue weighted by Gasteiger charge is 2.35. The number of ether oxygens (including phenoxy) is 1. The van der Waals surface area contributed by atoms with E-state index in [4.69, 9.17) is 4.74 Å². The van der Waals surface area contributed by atoms with Crippen molar-refractivity contribution < 1.29 is 4.74 Å². The number of hydrogen-bond donors (Lipinski definition) is 0. The molecule has 0 spiro atoms. The minimum atomic E-state index is 0.242. The van der Waals surface area contributed by atoms with E-state index in [0.29, 0.717) is 6.10 Å². The Balaban J connectivity index is 1.92. The Labute approximate surface area is 114 Å². The maximum atomic E-state index is 6.53. The Hall–Kier alpha value is 0.690. The van der Waals surface area contributed by atoms with Gasteiger partial charge in [-0.2, -0.15) is 0 Å². The molecule has 0 heterocycles. The third-order valence-corrected chi connectivity index (χ3v) is 5.71. The monoisotopic (exact) mass is 336 g/mol. The van der Waals surface area contributed by atoms with Crippen LogP contribution in [-0.2, 0) is 4.74 Å². The fourth-order valence-corrected chi connectivity index (χ4v) is 4.21. The van der Waals surface area contributed by atoms with Crippen molar-refractivity contribution in [3.63, 3.8) is 0 Å². The quantitative estimate of drug-likeness (QED) is 0.412. The van der Waals surface area contributed by atoms with Gasteiger partial charge in [-0.3, -0.25) is 0 Å². The largest absolute Gasteiger partial charge is 0.371 e. The van der Waals surface area contributed by atoms with Crippen LogP contribution in [0, 0.1) is 5.92 Å². The van der Waals surface area contributed by atoms with Crippen molar-refractivity contribution in [2.45, 2.75) is 76.4 Å². The van der Waals surface area contributed by atoms with Gasteiger partial charge in [0.15, 0.2) is 0 Å². The van der Waals surface area contributed by atoms with Crippen molar-refractivity contribution in [1.29, 1.82) is 0 Å². The minimum Gasteiger partial charge on any atom is -0.371 e. The second-order valence-corrected chi connectivity index (χ2v) is 6.65. The molecule has 2 fully saturated rings. The van der Waals surface area contributed by atoms with Crippen LogP contribution < -0.4 is 0 Å². The molecule has 0 saturated heterocycles. The third-order valence-electron chi connectivity index (χ3n) is 4.32. The first-order valence-electron chi connectivity index (χ1n) is 6.98. The lowest BCUT2D eigenvalue weighted by Crippen LogP contribution is -2.37. The molecule has 0 aromatic rings. The SMILES string of the molecule is CC1CCC(OC2(CI)CCCCCC2)C1. The molecule has 94 valence electrons. The summed E-state index contributed by atoms with van der Waals surface area (Å²) in [6.07, 6.45) is 12.8. The number of hydrogen-bond acceptors (Lipinski definition) is 1. The molecule has 0 N–H and O–H groups in total. The Morgan fingerprint density at radius 2 is 1.81 bits per heavy atom. The summed E-state index contributed by atoms with van der Waals surface area (Å²) < 4.78 is 7.72. The van der Waals surface area contributed by atoms with Gasteiger partial charge in [0.1, 0.15) is 0 Å². The zero-order valence-electron chi connectivity index (χ0n) is 10.5. The highest BCUT2D eigenvalue weighted by Crippen LogP contribution is 2.37. The van der Waals surface area contributed by atoms with E-state index in [1.54, 1.807) is 0 Å². The van der Waals surface area contributed by atoms with Gasteiger partial charge < -0.3 is 4.74 Å². The van der Waals surface area contributed by atoms with Gasteiger partial charge in [0.25, 0.3) is 0 Å². The average Bonchev–Trinajstić information content (AvgIpc) is 2.54. The molecule has 2 rings (SSSR count). The maximum Gasteiger partial charge on any atom is 0.0775 e. The van der Waals surface area contributed by atoms with Crippen molar-refractivity contribution in [3.05, 3.63) is 0 Å². The van der Waals surface area contributed by atoms with Crippen LogP contribution in [0.5, 0.6) is 0 Å². The maximum absolute atomic E-state index is 6.53. The minimum absolute atomic E-state index is 0.242. The zero-order chi connectivity index (χ0) is 11.4. The van der Waals surface area contributed by atoms with Gasteiger partial charge in [0.2, 0.25) is 0 Å². The predicted octanol–water partition coefficient (Wildman–Crippen LogP) is 4.72. The van der Waals surface area contributed by atoms with Crippen LogP contribution in [0.4, 0.5) is 0 Å². The molecule has 0 aromatic heterocycles. The van der Waals surface area contributed by atoms with Crippen LogP contribution in [0.3, 0.4) is 0 Å². The molecule has 2 heteroatoms.